The van der Waals surface area contributed by atoms with Crippen LogP contribution in [0.4, 0.5) is 13.2 Å². The summed E-state index contributed by atoms with van der Waals surface area (Å²) in [5, 5.41) is 9.59. The molecule has 1 heterocycles. The van der Waals surface area contributed by atoms with E-state index < -0.39 is 18.1 Å². The van der Waals surface area contributed by atoms with E-state index in [1.165, 1.54) is 17.4 Å². The lowest BCUT2D eigenvalue weighted by atomic mass is 9.75. The van der Waals surface area contributed by atoms with Crippen molar-refractivity contribution in [2.24, 2.45) is 5.73 Å². The summed E-state index contributed by atoms with van der Waals surface area (Å²) in [7, 11) is 0. The number of alkyl halides is 3. The maximum Gasteiger partial charge on any atom is 0.400 e. The highest BCUT2D eigenvalue weighted by Crippen LogP contribution is 2.50. The van der Waals surface area contributed by atoms with Crippen LogP contribution in [0.1, 0.15) is 42.6 Å². The zero-order chi connectivity index (χ0) is 27.9. The fourth-order valence-corrected chi connectivity index (χ4v) is 5.97. The molecule has 0 radical (unpaired) electrons. The topological polar surface area (TPSA) is 73.8 Å². The van der Waals surface area contributed by atoms with E-state index >= 15 is 0 Å². The molecule has 0 bridgehead atoms. The molecule has 39 heavy (non-hydrogen) atoms. The van der Waals surface area contributed by atoms with Gasteiger partial charge in [-0.15, -0.1) is 10.2 Å². The summed E-state index contributed by atoms with van der Waals surface area (Å²) >= 11 is 1.75. The average molecular weight is 553 g/mol. The second-order valence-corrected chi connectivity index (χ2v) is 10.4. The van der Waals surface area contributed by atoms with Crippen molar-refractivity contribution in [2.75, 3.05) is 12.3 Å². The standard InChI is InChI=1S/C28H27N3OS.C2H4F3N/c1-21-29-30-27(31(21)22-12-4-2-5-13-22)33-19-11-3-10-18-28(20-32)25-16-8-6-14-23(25)24-15-7-9-17-26(24)28;3-2(4,5)1-6/h2,4-9,12-17,20H,3,10-11,18-19H2,1H3;1,6H2. The van der Waals surface area contributed by atoms with Gasteiger partial charge in [-0.2, -0.15) is 13.2 Å². The molecule has 0 spiro atoms. The van der Waals surface area contributed by atoms with E-state index in [1.54, 1.807) is 11.8 Å². The van der Waals surface area contributed by atoms with Gasteiger partial charge in [0, 0.05) is 11.4 Å². The van der Waals surface area contributed by atoms with Crippen LogP contribution in [0.25, 0.3) is 16.8 Å². The number of para-hydroxylation sites is 1. The normalized spacial score (nSPS) is 13.3. The van der Waals surface area contributed by atoms with Crippen molar-refractivity contribution in [3.8, 4) is 16.8 Å². The van der Waals surface area contributed by atoms with Gasteiger partial charge in [0.2, 0.25) is 0 Å². The number of carbonyl (C=O) groups excluding carboxylic acids is 1. The number of halogens is 3. The summed E-state index contributed by atoms with van der Waals surface area (Å²) in [6.45, 7) is 0.757. The maximum absolute atomic E-state index is 12.5. The van der Waals surface area contributed by atoms with Gasteiger partial charge in [-0.1, -0.05) is 91.3 Å². The Morgan fingerprint density at radius 3 is 2.00 bits per heavy atom. The predicted octanol–water partition coefficient (Wildman–Crippen LogP) is 6.90. The van der Waals surface area contributed by atoms with Crippen molar-refractivity contribution in [1.29, 1.82) is 0 Å². The fourth-order valence-electron chi connectivity index (χ4n) is 4.97. The summed E-state index contributed by atoms with van der Waals surface area (Å²) in [6, 6.07) is 27.0. The molecule has 204 valence electrons. The van der Waals surface area contributed by atoms with Gasteiger partial charge < -0.3 is 10.5 Å². The third kappa shape index (κ3) is 6.42. The molecule has 3 aromatic carbocycles. The lowest BCUT2D eigenvalue weighted by molar-refractivity contribution is -0.118. The fraction of sp³-hybridized carbons (Fsp3) is 0.300. The van der Waals surface area contributed by atoms with Crippen molar-refractivity contribution in [1.82, 2.24) is 14.8 Å². The van der Waals surface area contributed by atoms with Crippen LogP contribution in [0.3, 0.4) is 0 Å². The Bertz CT molecular complexity index is 1340. The van der Waals surface area contributed by atoms with Gasteiger partial charge in [0.1, 0.15) is 12.1 Å². The van der Waals surface area contributed by atoms with E-state index in [-0.39, 0.29) is 0 Å². The molecule has 1 aromatic heterocycles. The molecule has 0 saturated heterocycles. The largest absolute Gasteiger partial charge is 0.400 e. The molecule has 0 atom stereocenters. The highest BCUT2D eigenvalue weighted by atomic mass is 32.2. The molecule has 9 heteroatoms. The highest BCUT2D eigenvalue weighted by molar-refractivity contribution is 7.99. The summed E-state index contributed by atoms with van der Waals surface area (Å²) < 4.78 is 34.1. The molecular formula is C30H31F3N4OS. The van der Waals surface area contributed by atoms with E-state index in [0.29, 0.717) is 0 Å². The van der Waals surface area contributed by atoms with Crippen LogP contribution in [0.2, 0.25) is 0 Å². The Labute approximate surface area is 230 Å². The van der Waals surface area contributed by atoms with Crippen molar-refractivity contribution in [3.05, 3.63) is 95.8 Å². The van der Waals surface area contributed by atoms with Gasteiger partial charge in [0.05, 0.1) is 12.0 Å². The number of nitrogens with zero attached hydrogens (tertiary/aromatic N) is 3. The van der Waals surface area contributed by atoms with Crippen molar-refractivity contribution in [3.63, 3.8) is 0 Å². The predicted molar refractivity (Wildman–Crippen MR) is 149 cm³/mol. The van der Waals surface area contributed by atoms with Gasteiger partial charge in [0.25, 0.3) is 0 Å². The van der Waals surface area contributed by atoms with Crippen molar-refractivity contribution >= 4 is 18.0 Å². The Kier molecular flexibility index (Phi) is 9.24. The monoisotopic (exact) mass is 552 g/mol. The molecule has 1 aliphatic carbocycles. The number of hydrogen-bond acceptors (Lipinski definition) is 5. The van der Waals surface area contributed by atoms with Crippen LogP contribution in [-0.4, -0.2) is 39.5 Å². The van der Waals surface area contributed by atoms with E-state index in [2.05, 4.69) is 69.0 Å². The molecule has 2 N–H and O–H groups in total. The molecule has 1 aliphatic rings. The number of aryl methyl sites for hydroxylation is 1. The molecular weight excluding hydrogens is 521 g/mol. The molecule has 0 aliphatic heterocycles. The zero-order valence-corrected chi connectivity index (χ0v) is 22.5. The number of thioether (sulfide) groups is 1. The van der Waals surface area contributed by atoms with Crippen molar-refractivity contribution < 1.29 is 18.0 Å². The Balaban J connectivity index is 0.000000531. The first-order chi connectivity index (χ1) is 18.8. The van der Waals surface area contributed by atoms with Crippen LogP contribution in [0, 0.1) is 6.92 Å². The maximum atomic E-state index is 12.5. The Morgan fingerprint density at radius 1 is 0.872 bits per heavy atom. The molecule has 0 saturated carbocycles. The Hall–Kier alpha value is -3.43. The summed E-state index contributed by atoms with van der Waals surface area (Å²) in [5.41, 5.74) is 9.46. The number of rotatable bonds is 9. The molecule has 0 fully saturated rings. The number of carbonyl (C=O) groups is 1. The van der Waals surface area contributed by atoms with Gasteiger partial charge >= 0.3 is 6.18 Å². The van der Waals surface area contributed by atoms with Gasteiger partial charge in [-0.25, -0.2) is 0 Å². The summed E-state index contributed by atoms with van der Waals surface area (Å²) in [6.07, 6.45) is 0.993. The Morgan fingerprint density at radius 2 is 1.44 bits per heavy atom. The second kappa shape index (κ2) is 12.6. The molecule has 4 aromatic rings. The number of hydrogen-bond donors (Lipinski definition) is 1. The minimum Gasteiger partial charge on any atom is -0.323 e. The molecule has 0 unspecified atom stereocenters. The number of nitrogens with two attached hydrogens (primary N) is 1. The number of benzene rings is 3. The van der Waals surface area contributed by atoms with E-state index in [1.807, 2.05) is 37.3 Å². The molecule has 5 rings (SSSR count). The first kappa shape index (κ1) is 28.6. The van der Waals surface area contributed by atoms with Crippen LogP contribution in [0.15, 0.2) is 84.0 Å². The van der Waals surface area contributed by atoms with Gasteiger partial charge in [-0.05, 0) is 54.2 Å². The van der Waals surface area contributed by atoms with Crippen LogP contribution < -0.4 is 5.73 Å². The minimum atomic E-state index is -4.18. The quantitative estimate of drug-likeness (QED) is 0.139. The summed E-state index contributed by atoms with van der Waals surface area (Å²) in [4.78, 5) is 12.5. The smallest absolute Gasteiger partial charge is 0.323 e. The second-order valence-electron chi connectivity index (χ2n) is 9.36. The van der Waals surface area contributed by atoms with Crippen molar-refractivity contribution in [2.45, 2.75) is 49.4 Å². The molecule has 5 nitrogen and oxygen atoms in total. The van der Waals surface area contributed by atoms with Crippen LogP contribution >= 0.6 is 11.8 Å². The SMILES string of the molecule is Cc1nnc(SCCCCCC2(C=O)c3ccccc3-c3ccccc32)n1-c1ccccc1.NCC(F)(F)F. The highest BCUT2D eigenvalue weighted by Gasteiger charge is 2.42. The van der Waals surface area contributed by atoms with Gasteiger partial charge in [-0.3, -0.25) is 4.57 Å². The van der Waals surface area contributed by atoms with E-state index in [0.717, 1.165) is 59.2 Å². The van der Waals surface area contributed by atoms with Crippen LogP contribution in [0.5, 0.6) is 0 Å². The average Bonchev–Trinajstić information content (AvgIpc) is 3.46. The van der Waals surface area contributed by atoms with E-state index in [4.69, 9.17) is 0 Å². The summed E-state index contributed by atoms with van der Waals surface area (Å²) in [5.74, 6) is 1.88. The third-order valence-electron chi connectivity index (χ3n) is 6.79. The van der Waals surface area contributed by atoms with E-state index in [9.17, 15) is 18.0 Å². The van der Waals surface area contributed by atoms with Crippen LogP contribution in [-0.2, 0) is 10.2 Å². The number of aldehydes is 1. The first-order valence-electron chi connectivity index (χ1n) is 12.8. The first-order valence-corrected chi connectivity index (χ1v) is 13.8. The number of unbranched alkanes of at least 4 members (excludes halogenated alkanes) is 2. The lowest BCUT2D eigenvalue weighted by Gasteiger charge is -2.25. The zero-order valence-electron chi connectivity index (χ0n) is 21.7. The van der Waals surface area contributed by atoms with Gasteiger partial charge in [0.15, 0.2) is 5.16 Å². The number of fused-ring (bicyclic) bond motifs is 3. The third-order valence-corrected chi connectivity index (χ3v) is 7.81. The number of aromatic nitrogens is 3. The minimum absolute atomic E-state index is 0.523. The lowest BCUT2D eigenvalue weighted by Crippen LogP contribution is -2.27. The molecule has 0 amide bonds.